The molecule has 1 aliphatic rings. The fraction of sp³-hybridized carbons (Fsp3) is 0.786. The molecule has 1 saturated carbocycles. The highest BCUT2D eigenvalue weighted by molar-refractivity contribution is 7.15. The first kappa shape index (κ1) is 15.4. The molecule has 0 spiro atoms. The van der Waals surface area contributed by atoms with Gasteiger partial charge in [0.25, 0.3) is 0 Å². The van der Waals surface area contributed by atoms with E-state index in [1.807, 2.05) is 0 Å². The molecule has 1 fully saturated rings. The number of nitrogens with zero attached hydrogens (tertiary/aromatic N) is 2. The van der Waals surface area contributed by atoms with E-state index in [4.69, 9.17) is 5.73 Å². The van der Waals surface area contributed by atoms with Crippen molar-refractivity contribution >= 4 is 22.4 Å². The highest BCUT2D eigenvalue weighted by Gasteiger charge is 2.27. The summed E-state index contributed by atoms with van der Waals surface area (Å²) in [4.78, 5) is 12.3. The van der Waals surface area contributed by atoms with E-state index in [0.717, 1.165) is 37.1 Å². The molecule has 0 radical (unpaired) electrons. The van der Waals surface area contributed by atoms with Gasteiger partial charge in [-0.1, -0.05) is 44.4 Å². The van der Waals surface area contributed by atoms with Crippen molar-refractivity contribution in [3.8, 4) is 0 Å². The van der Waals surface area contributed by atoms with Gasteiger partial charge in [0.15, 0.2) is 0 Å². The number of hydrogen-bond acceptors (Lipinski definition) is 5. The van der Waals surface area contributed by atoms with E-state index in [1.165, 1.54) is 17.8 Å². The Hall–Kier alpha value is -1.01. The summed E-state index contributed by atoms with van der Waals surface area (Å²) in [5.74, 6) is 0.461. The first-order valence-corrected chi connectivity index (χ1v) is 8.26. The number of nitrogens with one attached hydrogen (secondary N) is 1. The average Bonchev–Trinajstić information content (AvgIpc) is 2.67. The third kappa shape index (κ3) is 4.24. The molecule has 3 N–H and O–H groups in total. The maximum Gasteiger partial charge on any atom is 0.230 e. The van der Waals surface area contributed by atoms with Gasteiger partial charge in [-0.3, -0.25) is 4.79 Å². The molecule has 2 rings (SSSR count). The second-order valence-corrected chi connectivity index (χ2v) is 7.06. The minimum atomic E-state index is -0.0880. The molecule has 20 heavy (non-hydrogen) atoms. The Morgan fingerprint density at radius 3 is 2.85 bits per heavy atom. The van der Waals surface area contributed by atoms with Gasteiger partial charge in [0.2, 0.25) is 11.0 Å². The van der Waals surface area contributed by atoms with Crippen LogP contribution in [0.3, 0.4) is 0 Å². The summed E-state index contributed by atoms with van der Waals surface area (Å²) >= 11 is 1.46. The van der Waals surface area contributed by atoms with Crippen molar-refractivity contribution in [3.05, 3.63) is 5.01 Å². The number of rotatable bonds is 4. The standard InChI is InChI=1S/C14H24N4OS/c1-9(2)8-12-17-18-14(20-12)16-13(19)10-6-4-3-5-7-11(10)15/h9-11H,3-8,15H2,1-2H3,(H,16,18,19). The molecule has 1 aliphatic carbocycles. The number of carbonyl (C=O) groups is 1. The molecular formula is C14H24N4OS. The third-order valence-electron chi connectivity index (χ3n) is 3.69. The van der Waals surface area contributed by atoms with Crippen molar-refractivity contribution in [3.63, 3.8) is 0 Å². The van der Waals surface area contributed by atoms with Crippen LogP contribution >= 0.6 is 11.3 Å². The lowest BCUT2D eigenvalue weighted by Gasteiger charge is -2.19. The van der Waals surface area contributed by atoms with Crippen molar-refractivity contribution in [2.24, 2.45) is 17.6 Å². The summed E-state index contributed by atoms with van der Waals surface area (Å²) < 4.78 is 0. The Balaban J connectivity index is 1.94. The second-order valence-electron chi connectivity index (χ2n) is 6.00. The highest BCUT2D eigenvalue weighted by atomic mass is 32.1. The largest absolute Gasteiger partial charge is 0.327 e. The van der Waals surface area contributed by atoms with Gasteiger partial charge in [0, 0.05) is 12.5 Å². The fourth-order valence-corrected chi connectivity index (χ4v) is 3.55. The van der Waals surface area contributed by atoms with E-state index in [2.05, 4.69) is 29.4 Å². The highest BCUT2D eigenvalue weighted by Crippen LogP contribution is 2.25. The maximum absolute atomic E-state index is 12.3. The van der Waals surface area contributed by atoms with Gasteiger partial charge in [0.05, 0.1) is 5.92 Å². The zero-order chi connectivity index (χ0) is 14.5. The van der Waals surface area contributed by atoms with Crippen molar-refractivity contribution in [1.29, 1.82) is 0 Å². The second kappa shape index (κ2) is 7.13. The Morgan fingerprint density at radius 2 is 2.10 bits per heavy atom. The van der Waals surface area contributed by atoms with Crippen molar-refractivity contribution < 1.29 is 4.79 Å². The lowest BCUT2D eigenvalue weighted by Crippen LogP contribution is -2.37. The van der Waals surface area contributed by atoms with Gasteiger partial charge in [-0.25, -0.2) is 0 Å². The Kier molecular flexibility index (Phi) is 5.48. The van der Waals surface area contributed by atoms with E-state index in [1.54, 1.807) is 0 Å². The van der Waals surface area contributed by atoms with Crippen LogP contribution in [-0.4, -0.2) is 22.1 Å². The van der Waals surface area contributed by atoms with E-state index >= 15 is 0 Å². The molecule has 6 heteroatoms. The van der Waals surface area contributed by atoms with Gasteiger partial charge >= 0.3 is 0 Å². The minimum Gasteiger partial charge on any atom is -0.327 e. The molecule has 0 aromatic carbocycles. The minimum absolute atomic E-state index is 0.00615. The average molecular weight is 296 g/mol. The van der Waals surface area contributed by atoms with E-state index in [0.29, 0.717) is 11.0 Å². The quantitative estimate of drug-likeness (QED) is 0.837. The van der Waals surface area contributed by atoms with Gasteiger partial charge in [-0.2, -0.15) is 0 Å². The van der Waals surface area contributed by atoms with Crippen LogP contribution in [0.2, 0.25) is 0 Å². The monoisotopic (exact) mass is 296 g/mol. The number of hydrogen-bond donors (Lipinski definition) is 2. The van der Waals surface area contributed by atoms with E-state index < -0.39 is 0 Å². The molecule has 112 valence electrons. The number of amides is 1. The van der Waals surface area contributed by atoms with Crippen LogP contribution in [0.5, 0.6) is 0 Å². The first-order valence-electron chi connectivity index (χ1n) is 7.45. The lowest BCUT2D eigenvalue weighted by atomic mass is 9.95. The molecule has 0 saturated heterocycles. The molecule has 0 aliphatic heterocycles. The van der Waals surface area contributed by atoms with Crippen LogP contribution in [0, 0.1) is 11.8 Å². The number of aromatic nitrogens is 2. The van der Waals surface area contributed by atoms with Crippen molar-refractivity contribution in [2.45, 2.75) is 58.4 Å². The van der Waals surface area contributed by atoms with Gasteiger partial charge < -0.3 is 11.1 Å². The maximum atomic E-state index is 12.3. The summed E-state index contributed by atoms with van der Waals surface area (Å²) in [5, 5.41) is 12.6. The topological polar surface area (TPSA) is 80.9 Å². The summed E-state index contributed by atoms with van der Waals surface area (Å²) in [6.45, 7) is 4.29. The molecule has 1 aromatic rings. The summed E-state index contributed by atoms with van der Waals surface area (Å²) in [7, 11) is 0. The van der Waals surface area contributed by atoms with Crippen LogP contribution in [-0.2, 0) is 11.2 Å². The molecule has 5 nitrogen and oxygen atoms in total. The van der Waals surface area contributed by atoms with Crippen LogP contribution in [0.15, 0.2) is 0 Å². The molecule has 1 aromatic heterocycles. The molecule has 2 atom stereocenters. The Labute approximate surface area is 124 Å². The predicted molar refractivity (Wildman–Crippen MR) is 81.6 cm³/mol. The Morgan fingerprint density at radius 1 is 1.35 bits per heavy atom. The summed E-state index contributed by atoms with van der Waals surface area (Å²) in [5.41, 5.74) is 6.11. The van der Waals surface area contributed by atoms with Crippen LogP contribution < -0.4 is 11.1 Å². The Bertz CT molecular complexity index is 446. The van der Waals surface area contributed by atoms with Crippen LogP contribution in [0.1, 0.15) is 51.0 Å². The van der Waals surface area contributed by atoms with Crippen molar-refractivity contribution in [2.75, 3.05) is 5.32 Å². The van der Waals surface area contributed by atoms with Gasteiger partial charge in [0.1, 0.15) is 5.01 Å². The van der Waals surface area contributed by atoms with Gasteiger partial charge in [-0.05, 0) is 18.8 Å². The molecular weight excluding hydrogens is 272 g/mol. The predicted octanol–water partition coefficient (Wildman–Crippen LogP) is 2.58. The number of carbonyl (C=O) groups excluding carboxylic acids is 1. The number of anilines is 1. The van der Waals surface area contributed by atoms with Crippen molar-refractivity contribution in [1.82, 2.24) is 10.2 Å². The number of nitrogens with two attached hydrogens (primary N) is 1. The zero-order valence-corrected chi connectivity index (χ0v) is 13.1. The van der Waals surface area contributed by atoms with E-state index in [9.17, 15) is 4.79 Å². The first-order chi connectivity index (χ1) is 9.56. The van der Waals surface area contributed by atoms with Crippen LogP contribution in [0.4, 0.5) is 5.13 Å². The van der Waals surface area contributed by atoms with Gasteiger partial charge in [-0.15, -0.1) is 10.2 Å². The summed E-state index contributed by atoms with van der Waals surface area (Å²) in [6, 6.07) is -0.0273. The lowest BCUT2D eigenvalue weighted by molar-refractivity contribution is -0.120. The zero-order valence-electron chi connectivity index (χ0n) is 12.3. The SMILES string of the molecule is CC(C)Cc1nnc(NC(=O)C2CCCCCC2N)s1. The van der Waals surface area contributed by atoms with E-state index in [-0.39, 0.29) is 17.9 Å². The third-order valence-corrected chi connectivity index (χ3v) is 4.55. The van der Waals surface area contributed by atoms with Crippen LogP contribution in [0.25, 0.3) is 0 Å². The fourth-order valence-electron chi connectivity index (χ4n) is 2.60. The molecule has 1 amide bonds. The summed E-state index contributed by atoms with van der Waals surface area (Å²) in [6.07, 6.45) is 6.10. The normalized spacial score (nSPS) is 23.6. The molecule has 2 unspecified atom stereocenters. The smallest absolute Gasteiger partial charge is 0.230 e. The molecule has 1 heterocycles. The molecule has 0 bridgehead atoms.